The number of rotatable bonds is 5. The summed E-state index contributed by atoms with van der Waals surface area (Å²) in [5.41, 5.74) is 0.644. The average Bonchev–Trinajstić information content (AvgIpc) is 3.00. The van der Waals surface area contributed by atoms with Crippen molar-refractivity contribution in [2.75, 3.05) is 6.61 Å². The summed E-state index contributed by atoms with van der Waals surface area (Å²) >= 11 is 11.6. The van der Waals surface area contributed by atoms with E-state index >= 15 is 0 Å². The van der Waals surface area contributed by atoms with Crippen LogP contribution in [-0.4, -0.2) is 42.1 Å². The topological polar surface area (TPSA) is 82.1 Å². The van der Waals surface area contributed by atoms with Crippen LogP contribution < -0.4 is 0 Å². The van der Waals surface area contributed by atoms with Gasteiger partial charge in [0.05, 0.1) is 11.1 Å². The van der Waals surface area contributed by atoms with Crippen LogP contribution in [0.2, 0.25) is 10.0 Å². The van der Waals surface area contributed by atoms with Crippen LogP contribution in [0.1, 0.15) is 27.1 Å². The average molecular weight is 411 g/mol. The van der Waals surface area contributed by atoms with Gasteiger partial charge in [0, 0.05) is 16.5 Å². The highest BCUT2D eigenvalue weighted by atomic mass is 35.5. The van der Waals surface area contributed by atoms with Crippen molar-refractivity contribution >= 4 is 35.1 Å². The van der Waals surface area contributed by atoms with Crippen molar-refractivity contribution < 1.29 is 28.9 Å². The van der Waals surface area contributed by atoms with Crippen LogP contribution in [0.5, 0.6) is 0 Å². The van der Waals surface area contributed by atoms with Crippen LogP contribution in [0.25, 0.3) is 0 Å². The number of aliphatic hydroxyl groups is 1. The fraction of sp³-hybridized carbons (Fsp3) is 0.263. The van der Waals surface area contributed by atoms with E-state index in [1.54, 1.807) is 24.3 Å². The van der Waals surface area contributed by atoms with Gasteiger partial charge in [-0.3, -0.25) is 0 Å². The Labute approximate surface area is 165 Å². The van der Waals surface area contributed by atoms with E-state index in [0.717, 1.165) is 0 Å². The molecule has 0 saturated carbocycles. The number of halogens is 2. The molecule has 0 amide bonds. The smallest absolute Gasteiger partial charge is 0.338 e. The van der Waals surface area contributed by atoms with Gasteiger partial charge < -0.3 is 19.3 Å². The van der Waals surface area contributed by atoms with Gasteiger partial charge in [0.1, 0.15) is 18.8 Å². The van der Waals surface area contributed by atoms with Gasteiger partial charge in [-0.2, -0.15) is 0 Å². The standard InChI is InChI=1S/C19H16Cl2O6/c20-13-5-1-11(2-6-13)18(23)25-10-16-15(9-17(22)26-16)27-19(24)12-3-7-14(21)8-4-12/h1-8,15-17,22H,9-10H2/t15-,16+,17?/m0/s1. The van der Waals surface area contributed by atoms with E-state index in [2.05, 4.69) is 0 Å². The number of esters is 2. The van der Waals surface area contributed by atoms with Crippen molar-refractivity contribution in [3.63, 3.8) is 0 Å². The SMILES string of the molecule is O=C(OC[C@H]1OC(O)C[C@@H]1OC(=O)c1ccc(Cl)cc1)c1ccc(Cl)cc1. The first-order valence-corrected chi connectivity index (χ1v) is 8.91. The fourth-order valence-corrected chi connectivity index (χ4v) is 2.84. The normalized spacial score (nSPS) is 21.7. The van der Waals surface area contributed by atoms with Gasteiger partial charge in [0.2, 0.25) is 0 Å². The Bertz CT molecular complexity index is 806. The van der Waals surface area contributed by atoms with Crippen LogP contribution >= 0.6 is 23.2 Å². The van der Waals surface area contributed by atoms with E-state index in [1.807, 2.05) is 0 Å². The van der Waals surface area contributed by atoms with E-state index in [-0.39, 0.29) is 13.0 Å². The highest BCUT2D eigenvalue weighted by Gasteiger charge is 2.38. The molecule has 27 heavy (non-hydrogen) atoms. The molecule has 0 aromatic heterocycles. The second-order valence-electron chi connectivity index (χ2n) is 5.92. The molecular formula is C19H16Cl2O6. The molecule has 0 bridgehead atoms. The minimum atomic E-state index is -1.10. The Morgan fingerprint density at radius 2 is 1.48 bits per heavy atom. The number of ether oxygens (including phenoxy) is 3. The molecule has 1 saturated heterocycles. The molecule has 1 fully saturated rings. The summed E-state index contributed by atoms with van der Waals surface area (Å²) in [7, 11) is 0. The number of hydrogen-bond acceptors (Lipinski definition) is 6. The molecule has 0 radical (unpaired) electrons. The number of benzene rings is 2. The van der Waals surface area contributed by atoms with Crippen LogP contribution in [0, 0.1) is 0 Å². The van der Waals surface area contributed by atoms with Crippen LogP contribution in [-0.2, 0) is 14.2 Å². The number of carbonyl (C=O) groups is 2. The first kappa shape index (κ1) is 19.6. The summed E-state index contributed by atoms with van der Waals surface area (Å²) in [6, 6.07) is 12.4. The third-order valence-corrected chi connectivity index (χ3v) is 4.48. The van der Waals surface area contributed by atoms with Crippen molar-refractivity contribution in [1.82, 2.24) is 0 Å². The van der Waals surface area contributed by atoms with Gasteiger partial charge >= 0.3 is 11.9 Å². The maximum atomic E-state index is 12.2. The van der Waals surface area contributed by atoms with Crippen molar-refractivity contribution in [1.29, 1.82) is 0 Å². The number of hydrogen-bond donors (Lipinski definition) is 1. The summed E-state index contributed by atoms with van der Waals surface area (Å²) in [6.45, 7) is -0.170. The molecule has 1 aliphatic rings. The summed E-state index contributed by atoms with van der Waals surface area (Å²) in [4.78, 5) is 24.3. The molecule has 0 aliphatic carbocycles. The van der Waals surface area contributed by atoms with Gasteiger partial charge in [-0.1, -0.05) is 23.2 Å². The zero-order valence-corrected chi connectivity index (χ0v) is 15.5. The lowest BCUT2D eigenvalue weighted by Gasteiger charge is -2.18. The van der Waals surface area contributed by atoms with Gasteiger partial charge in [0.25, 0.3) is 0 Å². The Balaban J connectivity index is 1.58. The van der Waals surface area contributed by atoms with Crippen LogP contribution in [0.15, 0.2) is 48.5 Å². The van der Waals surface area contributed by atoms with Crippen molar-refractivity contribution in [2.45, 2.75) is 24.9 Å². The summed E-state index contributed by atoms with van der Waals surface area (Å²) in [6.07, 6.45) is -2.54. The highest BCUT2D eigenvalue weighted by Crippen LogP contribution is 2.24. The number of carbonyl (C=O) groups excluding carboxylic acids is 2. The van der Waals surface area contributed by atoms with E-state index in [0.29, 0.717) is 21.2 Å². The molecule has 3 atom stereocenters. The molecule has 1 heterocycles. The molecule has 1 N–H and O–H groups in total. The Morgan fingerprint density at radius 3 is 2.04 bits per heavy atom. The molecule has 6 nitrogen and oxygen atoms in total. The first-order chi connectivity index (χ1) is 12.9. The van der Waals surface area contributed by atoms with E-state index in [1.165, 1.54) is 24.3 Å². The summed E-state index contributed by atoms with van der Waals surface area (Å²) in [5.74, 6) is -1.15. The van der Waals surface area contributed by atoms with Gasteiger partial charge in [-0.05, 0) is 48.5 Å². The third kappa shape index (κ3) is 5.20. The van der Waals surface area contributed by atoms with Gasteiger partial charge in [-0.25, -0.2) is 9.59 Å². The van der Waals surface area contributed by atoms with Crippen LogP contribution in [0.4, 0.5) is 0 Å². The van der Waals surface area contributed by atoms with Crippen molar-refractivity contribution in [3.05, 3.63) is 69.7 Å². The molecular weight excluding hydrogens is 395 g/mol. The van der Waals surface area contributed by atoms with Gasteiger partial charge in [0.15, 0.2) is 6.29 Å². The minimum absolute atomic E-state index is 0.0858. The molecule has 1 unspecified atom stereocenters. The van der Waals surface area contributed by atoms with Crippen molar-refractivity contribution in [2.24, 2.45) is 0 Å². The maximum Gasteiger partial charge on any atom is 0.338 e. The first-order valence-electron chi connectivity index (χ1n) is 8.15. The molecule has 1 aliphatic heterocycles. The lowest BCUT2D eigenvalue weighted by molar-refractivity contribution is -0.110. The lowest BCUT2D eigenvalue weighted by atomic mass is 10.1. The molecule has 2 aromatic rings. The van der Waals surface area contributed by atoms with Crippen LogP contribution in [0.3, 0.4) is 0 Å². The van der Waals surface area contributed by atoms with E-state index in [4.69, 9.17) is 37.4 Å². The second kappa shape index (κ2) is 8.71. The maximum absolute atomic E-state index is 12.2. The fourth-order valence-electron chi connectivity index (χ4n) is 2.58. The predicted molar refractivity (Wildman–Crippen MR) is 97.9 cm³/mol. The quantitative estimate of drug-likeness (QED) is 0.759. The molecule has 3 rings (SSSR count). The van der Waals surface area contributed by atoms with E-state index < -0.39 is 30.4 Å². The third-order valence-electron chi connectivity index (χ3n) is 3.98. The molecule has 8 heteroatoms. The highest BCUT2D eigenvalue weighted by molar-refractivity contribution is 6.30. The predicted octanol–water partition coefficient (Wildman–Crippen LogP) is 3.48. The van der Waals surface area contributed by atoms with Crippen molar-refractivity contribution in [3.8, 4) is 0 Å². The largest absolute Gasteiger partial charge is 0.459 e. The zero-order chi connectivity index (χ0) is 19.4. The second-order valence-corrected chi connectivity index (χ2v) is 6.79. The van der Waals surface area contributed by atoms with E-state index in [9.17, 15) is 14.7 Å². The lowest BCUT2D eigenvalue weighted by Crippen LogP contribution is -2.32. The zero-order valence-electron chi connectivity index (χ0n) is 14.0. The Hall–Kier alpha value is -2.12. The number of aliphatic hydroxyl groups excluding tert-OH is 1. The Morgan fingerprint density at radius 1 is 0.963 bits per heavy atom. The molecule has 0 spiro atoms. The summed E-state index contributed by atoms with van der Waals surface area (Å²) < 4.78 is 15.9. The van der Waals surface area contributed by atoms with Gasteiger partial charge in [-0.15, -0.1) is 0 Å². The monoisotopic (exact) mass is 410 g/mol. The molecule has 142 valence electrons. The Kier molecular flexibility index (Phi) is 6.34. The summed E-state index contributed by atoms with van der Waals surface area (Å²) in [5, 5.41) is 10.7. The molecule has 2 aromatic carbocycles. The minimum Gasteiger partial charge on any atom is -0.459 e.